The Morgan fingerprint density at radius 3 is 2.48 bits per heavy atom. The number of nitrogens with zero attached hydrogens (tertiary/aromatic N) is 2. The van der Waals surface area contributed by atoms with Crippen LogP contribution in [0.3, 0.4) is 0 Å². The van der Waals surface area contributed by atoms with E-state index >= 15 is 0 Å². The van der Waals surface area contributed by atoms with Gasteiger partial charge in [-0.15, -0.1) is 0 Å². The Balaban J connectivity index is 2.50. The molecular formula is C14H13BrClN3O5S. The number of hydrogen-bond acceptors (Lipinski definition) is 6. The Labute approximate surface area is 157 Å². The van der Waals surface area contributed by atoms with E-state index in [0.29, 0.717) is 0 Å². The smallest absolute Gasteiger partial charge is 0.393 e. The number of anilines is 2. The maximum absolute atomic E-state index is 12.6. The van der Waals surface area contributed by atoms with Crippen molar-refractivity contribution in [3.8, 4) is 5.75 Å². The molecule has 2 N–H and O–H groups in total. The summed E-state index contributed by atoms with van der Waals surface area (Å²) in [5, 5.41) is 11.3. The fourth-order valence-electron chi connectivity index (χ4n) is 1.99. The normalized spacial score (nSPS) is 11.1. The number of nitrogens with two attached hydrogens (primary N) is 1. The predicted octanol–water partition coefficient (Wildman–Crippen LogP) is 3.36. The molecule has 0 aliphatic rings. The van der Waals surface area contributed by atoms with E-state index in [-0.39, 0.29) is 34.0 Å². The molecule has 0 spiro atoms. The lowest BCUT2D eigenvalue weighted by atomic mass is 10.2. The molecule has 134 valence electrons. The van der Waals surface area contributed by atoms with Crippen molar-refractivity contribution in [1.29, 1.82) is 0 Å². The number of nitro groups is 1. The first-order valence-electron chi connectivity index (χ1n) is 6.83. The Morgan fingerprint density at radius 2 is 1.92 bits per heavy atom. The minimum absolute atomic E-state index is 0.0516. The van der Waals surface area contributed by atoms with Crippen molar-refractivity contribution in [3.63, 3.8) is 0 Å². The van der Waals surface area contributed by atoms with Crippen molar-refractivity contribution >= 4 is 54.9 Å². The highest BCUT2D eigenvalue weighted by molar-refractivity contribution is 9.09. The van der Waals surface area contributed by atoms with Gasteiger partial charge in [0.1, 0.15) is 11.4 Å². The van der Waals surface area contributed by atoms with Crippen molar-refractivity contribution in [2.45, 2.75) is 0 Å². The molecule has 0 fully saturated rings. The molecule has 2 aromatic carbocycles. The molecule has 0 aliphatic carbocycles. The molecule has 0 saturated carbocycles. The van der Waals surface area contributed by atoms with Crippen LogP contribution in [0, 0.1) is 10.1 Å². The van der Waals surface area contributed by atoms with Gasteiger partial charge in [0, 0.05) is 17.9 Å². The highest BCUT2D eigenvalue weighted by Crippen LogP contribution is 2.36. The Morgan fingerprint density at radius 1 is 1.28 bits per heavy atom. The second-order valence-corrected chi connectivity index (χ2v) is 7.40. The third kappa shape index (κ3) is 4.53. The van der Waals surface area contributed by atoms with Gasteiger partial charge in [-0.05, 0) is 18.2 Å². The average Bonchev–Trinajstić information content (AvgIpc) is 2.53. The maximum atomic E-state index is 12.6. The Bertz CT molecular complexity index is 880. The number of alkyl halides is 1. The SMILES string of the molecule is Nc1cc(Cl)c(N(CCBr)S(=O)(=O)Oc2ccccc2)cc1[N+](=O)[O-]. The van der Waals surface area contributed by atoms with Gasteiger partial charge in [-0.3, -0.25) is 10.1 Å². The van der Waals surface area contributed by atoms with Crippen LogP contribution in [0.2, 0.25) is 5.02 Å². The summed E-state index contributed by atoms with van der Waals surface area (Å²) in [5.74, 6) is 0.100. The van der Waals surface area contributed by atoms with Crippen LogP contribution in [0.25, 0.3) is 0 Å². The molecule has 11 heteroatoms. The second kappa shape index (κ2) is 7.89. The van der Waals surface area contributed by atoms with E-state index in [0.717, 1.165) is 16.4 Å². The average molecular weight is 451 g/mol. The van der Waals surface area contributed by atoms with E-state index in [1.165, 1.54) is 12.1 Å². The van der Waals surface area contributed by atoms with Crippen LogP contribution in [-0.2, 0) is 10.3 Å². The standard InChI is InChI=1S/C14H13BrClN3O5S/c15-6-7-18(25(22,23)24-10-4-2-1-3-5-10)13-9-14(19(20)21)12(17)8-11(13)16/h1-5,8-9H,6-7,17H2. The zero-order valence-electron chi connectivity index (χ0n) is 12.6. The van der Waals surface area contributed by atoms with Crippen LogP contribution in [-0.4, -0.2) is 25.2 Å². The Hall–Kier alpha value is -2.04. The molecule has 0 amide bonds. The summed E-state index contributed by atoms with van der Waals surface area (Å²) in [6.45, 7) is -0.0596. The number of para-hydroxylation sites is 1. The number of benzene rings is 2. The minimum atomic E-state index is -4.31. The summed E-state index contributed by atoms with van der Waals surface area (Å²) in [7, 11) is -4.31. The van der Waals surface area contributed by atoms with E-state index in [9.17, 15) is 18.5 Å². The number of nitro benzene ring substituents is 1. The molecule has 8 nitrogen and oxygen atoms in total. The van der Waals surface area contributed by atoms with Gasteiger partial charge in [-0.2, -0.15) is 8.42 Å². The summed E-state index contributed by atoms with van der Waals surface area (Å²) >= 11 is 9.21. The lowest BCUT2D eigenvalue weighted by Crippen LogP contribution is -2.36. The third-order valence-corrected chi connectivity index (χ3v) is 5.04. The van der Waals surface area contributed by atoms with Crippen LogP contribution < -0.4 is 14.2 Å². The van der Waals surface area contributed by atoms with Crippen LogP contribution in [0.1, 0.15) is 0 Å². The summed E-state index contributed by atoms with van der Waals surface area (Å²) in [6.07, 6.45) is 0. The fraction of sp³-hybridized carbons (Fsp3) is 0.143. The summed E-state index contributed by atoms with van der Waals surface area (Å²) in [4.78, 5) is 10.4. The summed E-state index contributed by atoms with van der Waals surface area (Å²) < 4.78 is 31.2. The van der Waals surface area contributed by atoms with Crippen molar-refractivity contribution in [2.75, 3.05) is 21.9 Å². The van der Waals surface area contributed by atoms with Gasteiger partial charge in [-0.1, -0.05) is 45.7 Å². The summed E-state index contributed by atoms with van der Waals surface area (Å²) in [6, 6.07) is 10.0. The highest BCUT2D eigenvalue weighted by atomic mass is 79.9. The minimum Gasteiger partial charge on any atom is -0.393 e. The van der Waals surface area contributed by atoms with Gasteiger partial charge in [0.2, 0.25) is 0 Å². The first-order chi connectivity index (χ1) is 11.8. The van der Waals surface area contributed by atoms with Crippen LogP contribution in [0.5, 0.6) is 5.75 Å². The quantitative estimate of drug-likeness (QED) is 0.299. The van der Waals surface area contributed by atoms with Crippen LogP contribution >= 0.6 is 27.5 Å². The first-order valence-corrected chi connectivity index (χ1v) is 9.69. The maximum Gasteiger partial charge on any atom is 0.410 e. The highest BCUT2D eigenvalue weighted by Gasteiger charge is 2.29. The van der Waals surface area contributed by atoms with Gasteiger partial charge in [-0.25, -0.2) is 4.31 Å². The molecule has 0 atom stereocenters. The van der Waals surface area contributed by atoms with Crippen molar-refractivity contribution in [2.24, 2.45) is 0 Å². The predicted molar refractivity (Wildman–Crippen MR) is 99.6 cm³/mol. The first kappa shape index (κ1) is 19.3. The number of rotatable bonds is 7. The molecule has 2 rings (SSSR count). The monoisotopic (exact) mass is 449 g/mol. The van der Waals surface area contributed by atoms with Gasteiger partial charge in [0.25, 0.3) is 5.69 Å². The topological polar surface area (TPSA) is 116 Å². The van der Waals surface area contributed by atoms with E-state index in [1.807, 2.05) is 0 Å². The van der Waals surface area contributed by atoms with Gasteiger partial charge in [0.05, 0.1) is 15.6 Å². The molecule has 2 aromatic rings. The van der Waals surface area contributed by atoms with Crippen LogP contribution in [0.15, 0.2) is 42.5 Å². The summed E-state index contributed by atoms with van der Waals surface area (Å²) in [5.41, 5.74) is 4.85. The molecule has 0 aromatic heterocycles. The van der Waals surface area contributed by atoms with Crippen LogP contribution in [0.4, 0.5) is 17.1 Å². The van der Waals surface area contributed by atoms with Crippen molar-refractivity contribution in [1.82, 2.24) is 0 Å². The van der Waals surface area contributed by atoms with Gasteiger partial charge in [0.15, 0.2) is 0 Å². The lowest BCUT2D eigenvalue weighted by Gasteiger charge is -2.24. The van der Waals surface area contributed by atoms with Crippen molar-refractivity contribution < 1.29 is 17.5 Å². The van der Waals surface area contributed by atoms with E-state index in [2.05, 4.69) is 15.9 Å². The molecule has 0 radical (unpaired) electrons. The zero-order valence-corrected chi connectivity index (χ0v) is 15.8. The van der Waals surface area contributed by atoms with E-state index < -0.39 is 20.9 Å². The molecule has 25 heavy (non-hydrogen) atoms. The van der Waals surface area contributed by atoms with E-state index in [4.69, 9.17) is 21.5 Å². The Kier molecular flexibility index (Phi) is 6.09. The number of halogens is 2. The third-order valence-electron chi connectivity index (χ3n) is 3.06. The molecule has 0 heterocycles. The van der Waals surface area contributed by atoms with Crippen molar-refractivity contribution in [3.05, 3.63) is 57.6 Å². The van der Waals surface area contributed by atoms with Gasteiger partial charge >= 0.3 is 10.3 Å². The molecule has 0 bridgehead atoms. The lowest BCUT2D eigenvalue weighted by molar-refractivity contribution is -0.383. The molecular weight excluding hydrogens is 438 g/mol. The second-order valence-electron chi connectivity index (χ2n) is 4.73. The number of hydrogen-bond donors (Lipinski definition) is 1. The number of nitrogen functional groups attached to an aromatic ring is 1. The largest absolute Gasteiger partial charge is 0.410 e. The molecule has 0 unspecified atom stereocenters. The van der Waals surface area contributed by atoms with E-state index in [1.54, 1.807) is 18.2 Å². The fourth-order valence-corrected chi connectivity index (χ4v) is 4.05. The molecule has 0 aliphatic heterocycles. The molecule has 0 saturated heterocycles. The van der Waals surface area contributed by atoms with Gasteiger partial charge < -0.3 is 9.92 Å². The zero-order chi connectivity index (χ0) is 18.6.